The van der Waals surface area contributed by atoms with Crippen molar-refractivity contribution in [1.29, 1.82) is 0 Å². The molecule has 19 heavy (non-hydrogen) atoms. The number of carboxylic acids is 1. The normalized spacial score (nSPS) is 24.3. The Kier molecular flexibility index (Phi) is 4.93. The maximum absolute atomic E-state index is 10.8. The van der Waals surface area contributed by atoms with E-state index in [0.717, 1.165) is 19.5 Å². The minimum Gasteiger partial charge on any atom is -0.479 e. The molecule has 1 aliphatic rings. The summed E-state index contributed by atoms with van der Waals surface area (Å²) in [6, 6.07) is 10.4. The molecule has 1 aromatic carbocycles. The SMILES string of the molecule is CC(CNCC1CCC(C(=O)O)O1)c1ccccc1. The lowest BCUT2D eigenvalue weighted by molar-refractivity contribution is -0.149. The fraction of sp³-hybridized carbons (Fsp3) is 0.533. The van der Waals surface area contributed by atoms with Gasteiger partial charge in [-0.25, -0.2) is 4.79 Å². The van der Waals surface area contributed by atoms with E-state index in [9.17, 15) is 4.79 Å². The van der Waals surface area contributed by atoms with Crippen molar-refractivity contribution in [3.63, 3.8) is 0 Å². The maximum Gasteiger partial charge on any atom is 0.332 e. The molecule has 4 nitrogen and oxygen atoms in total. The van der Waals surface area contributed by atoms with Gasteiger partial charge in [0.15, 0.2) is 6.10 Å². The van der Waals surface area contributed by atoms with Crippen LogP contribution in [0.5, 0.6) is 0 Å². The summed E-state index contributed by atoms with van der Waals surface area (Å²) in [6.45, 7) is 3.78. The average Bonchev–Trinajstić information content (AvgIpc) is 2.89. The van der Waals surface area contributed by atoms with Gasteiger partial charge >= 0.3 is 5.97 Å². The molecule has 2 N–H and O–H groups in total. The van der Waals surface area contributed by atoms with Crippen molar-refractivity contribution in [2.24, 2.45) is 0 Å². The van der Waals surface area contributed by atoms with E-state index in [4.69, 9.17) is 9.84 Å². The number of hydrogen-bond acceptors (Lipinski definition) is 3. The molecule has 104 valence electrons. The van der Waals surface area contributed by atoms with Gasteiger partial charge in [-0.05, 0) is 24.3 Å². The summed E-state index contributed by atoms with van der Waals surface area (Å²) < 4.78 is 5.45. The minimum absolute atomic E-state index is 0.0315. The molecule has 2 rings (SSSR count). The predicted molar refractivity (Wildman–Crippen MR) is 73.3 cm³/mol. The highest BCUT2D eigenvalue weighted by Gasteiger charge is 2.29. The second kappa shape index (κ2) is 6.68. The van der Waals surface area contributed by atoms with Gasteiger partial charge in [0.05, 0.1) is 6.10 Å². The standard InChI is InChI=1S/C15H21NO3/c1-11(12-5-3-2-4-6-12)9-16-10-13-7-8-14(19-13)15(17)18/h2-6,11,13-14,16H,7-10H2,1H3,(H,17,18). The van der Waals surface area contributed by atoms with Crippen LogP contribution < -0.4 is 5.32 Å². The monoisotopic (exact) mass is 263 g/mol. The highest BCUT2D eigenvalue weighted by Crippen LogP contribution is 2.19. The van der Waals surface area contributed by atoms with Gasteiger partial charge < -0.3 is 15.2 Å². The lowest BCUT2D eigenvalue weighted by atomic mass is 10.0. The topological polar surface area (TPSA) is 58.6 Å². The van der Waals surface area contributed by atoms with Gasteiger partial charge in [-0.15, -0.1) is 0 Å². The largest absolute Gasteiger partial charge is 0.479 e. The van der Waals surface area contributed by atoms with E-state index in [1.165, 1.54) is 5.56 Å². The molecule has 1 saturated heterocycles. The molecule has 0 saturated carbocycles. The van der Waals surface area contributed by atoms with Crippen LogP contribution in [0, 0.1) is 0 Å². The lowest BCUT2D eigenvalue weighted by Gasteiger charge is -2.16. The Balaban J connectivity index is 1.69. The third-order valence-corrected chi connectivity index (χ3v) is 3.57. The molecule has 1 aromatic rings. The summed E-state index contributed by atoms with van der Waals surface area (Å²) in [5, 5.41) is 12.2. The smallest absolute Gasteiger partial charge is 0.332 e. The molecule has 0 radical (unpaired) electrons. The molecular weight excluding hydrogens is 242 g/mol. The van der Waals surface area contributed by atoms with Crippen molar-refractivity contribution >= 4 is 5.97 Å². The van der Waals surface area contributed by atoms with Gasteiger partial charge in [-0.3, -0.25) is 0 Å². The van der Waals surface area contributed by atoms with Crippen molar-refractivity contribution in [2.45, 2.75) is 37.9 Å². The Morgan fingerprint density at radius 1 is 1.42 bits per heavy atom. The number of ether oxygens (including phenoxy) is 1. The quantitative estimate of drug-likeness (QED) is 0.824. The lowest BCUT2D eigenvalue weighted by Crippen LogP contribution is -2.31. The van der Waals surface area contributed by atoms with E-state index in [-0.39, 0.29) is 6.10 Å². The fourth-order valence-electron chi connectivity index (χ4n) is 2.40. The van der Waals surface area contributed by atoms with Crippen molar-refractivity contribution < 1.29 is 14.6 Å². The molecule has 0 aliphatic carbocycles. The molecule has 4 heteroatoms. The molecular formula is C15H21NO3. The Hall–Kier alpha value is -1.39. The molecule has 0 bridgehead atoms. The van der Waals surface area contributed by atoms with Gasteiger partial charge in [0.2, 0.25) is 0 Å². The molecule has 1 heterocycles. The second-order valence-electron chi connectivity index (χ2n) is 5.13. The number of rotatable bonds is 6. The molecule has 0 aromatic heterocycles. The van der Waals surface area contributed by atoms with Gasteiger partial charge in [0.1, 0.15) is 0 Å². The number of carboxylic acid groups (broad SMARTS) is 1. The summed E-state index contributed by atoms with van der Waals surface area (Å²) in [4.78, 5) is 10.8. The van der Waals surface area contributed by atoms with Crippen LogP contribution in [0.3, 0.4) is 0 Å². The first-order valence-corrected chi connectivity index (χ1v) is 6.80. The van der Waals surface area contributed by atoms with Crippen molar-refractivity contribution in [2.75, 3.05) is 13.1 Å². The van der Waals surface area contributed by atoms with Gasteiger partial charge in [-0.1, -0.05) is 37.3 Å². The average molecular weight is 263 g/mol. The van der Waals surface area contributed by atoms with Crippen LogP contribution in [-0.4, -0.2) is 36.4 Å². The van der Waals surface area contributed by atoms with E-state index >= 15 is 0 Å². The minimum atomic E-state index is -0.847. The Bertz CT molecular complexity index is 407. The third-order valence-electron chi connectivity index (χ3n) is 3.57. The molecule has 1 fully saturated rings. The first-order chi connectivity index (χ1) is 9.16. The van der Waals surface area contributed by atoms with E-state index in [0.29, 0.717) is 12.3 Å². The van der Waals surface area contributed by atoms with Crippen molar-refractivity contribution in [1.82, 2.24) is 5.32 Å². The zero-order valence-corrected chi connectivity index (χ0v) is 11.2. The Morgan fingerprint density at radius 3 is 2.79 bits per heavy atom. The van der Waals surface area contributed by atoms with Crippen LogP contribution in [0.25, 0.3) is 0 Å². The zero-order chi connectivity index (χ0) is 13.7. The summed E-state index contributed by atoms with van der Waals surface area (Å²) in [6.07, 6.45) is 0.863. The number of carbonyl (C=O) groups is 1. The highest BCUT2D eigenvalue weighted by molar-refractivity contribution is 5.72. The molecule has 1 aliphatic heterocycles. The Morgan fingerprint density at radius 2 is 2.16 bits per heavy atom. The van der Waals surface area contributed by atoms with Gasteiger partial charge in [0, 0.05) is 13.1 Å². The predicted octanol–water partition coefficient (Wildman–Crippen LogP) is 2.01. The number of nitrogens with one attached hydrogen (secondary N) is 1. The van der Waals surface area contributed by atoms with Crippen LogP contribution in [0.4, 0.5) is 0 Å². The highest BCUT2D eigenvalue weighted by atomic mass is 16.5. The molecule has 0 amide bonds. The van der Waals surface area contributed by atoms with Crippen LogP contribution in [-0.2, 0) is 9.53 Å². The maximum atomic E-state index is 10.8. The molecule has 3 unspecified atom stereocenters. The number of benzene rings is 1. The first-order valence-electron chi connectivity index (χ1n) is 6.80. The fourth-order valence-corrected chi connectivity index (χ4v) is 2.40. The van der Waals surface area contributed by atoms with E-state index in [1.54, 1.807) is 0 Å². The Labute approximate surface area is 113 Å². The van der Waals surface area contributed by atoms with E-state index < -0.39 is 12.1 Å². The second-order valence-corrected chi connectivity index (χ2v) is 5.13. The molecule has 0 spiro atoms. The van der Waals surface area contributed by atoms with Crippen LogP contribution >= 0.6 is 0 Å². The third kappa shape index (κ3) is 4.04. The first kappa shape index (κ1) is 14.0. The van der Waals surface area contributed by atoms with Crippen molar-refractivity contribution in [3.8, 4) is 0 Å². The van der Waals surface area contributed by atoms with E-state index in [2.05, 4.69) is 24.4 Å². The summed E-state index contributed by atoms with van der Waals surface area (Å²) in [5.74, 6) is -0.405. The van der Waals surface area contributed by atoms with Crippen LogP contribution in [0.1, 0.15) is 31.2 Å². The molecule has 3 atom stereocenters. The number of aliphatic carboxylic acids is 1. The van der Waals surface area contributed by atoms with Crippen molar-refractivity contribution in [3.05, 3.63) is 35.9 Å². The van der Waals surface area contributed by atoms with Gasteiger partial charge in [0.25, 0.3) is 0 Å². The van der Waals surface area contributed by atoms with Crippen LogP contribution in [0.15, 0.2) is 30.3 Å². The van der Waals surface area contributed by atoms with Crippen LogP contribution in [0.2, 0.25) is 0 Å². The zero-order valence-electron chi connectivity index (χ0n) is 11.2. The van der Waals surface area contributed by atoms with E-state index in [1.807, 2.05) is 18.2 Å². The number of hydrogen-bond donors (Lipinski definition) is 2. The van der Waals surface area contributed by atoms with Gasteiger partial charge in [-0.2, -0.15) is 0 Å². The summed E-state index contributed by atoms with van der Waals surface area (Å²) in [5.41, 5.74) is 1.31. The summed E-state index contributed by atoms with van der Waals surface area (Å²) in [7, 11) is 0. The summed E-state index contributed by atoms with van der Waals surface area (Å²) >= 11 is 0.